The van der Waals surface area contributed by atoms with Crippen LogP contribution in [0.4, 0.5) is 4.79 Å². The molecule has 0 radical (unpaired) electrons. The maximum Gasteiger partial charge on any atom is 0.408 e. The summed E-state index contributed by atoms with van der Waals surface area (Å²) in [7, 11) is 0. The Morgan fingerprint density at radius 2 is 1.73 bits per heavy atom. The molecule has 1 aliphatic carbocycles. The number of carbonyl (C=O) groups excluding carboxylic acids is 1. The number of rotatable bonds is 5. The van der Waals surface area contributed by atoms with Gasteiger partial charge in [-0.05, 0) is 63.9 Å². The normalized spacial score (nSPS) is 27.9. The molecule has 0 bridgehead atoms. The fourth-order valence-electron chi connectivity index (χ4n) is 4.87. The number of likely N-dealkylation sites (tertiary alicyclic amines) is 1. The second kappa shape index (κ2) is 10.2. The first kappa shape index (κ1) is 24.5. The molecule has 0 aromatic rings. The second-order valence-corrected chi connectivity index (χ2v) is 13.0. The van der Waals surface area contributed by atoms with Crippen LogP contribution in [0, 0.1) is 5.92 Å². The van der Waals surface area contributed by atoms with Gasteiger partial charge in [0, 0.05) is 6.54 Å². The molecule has 0 aromatic heterocycles. The predicted octanol–water partition coefficient (Wildman–Crippen LogP) is 2.73. The molecule has 3 fully saturated rings. The molecule has 30 heavy (non-hydrogen) atoms. The van der Waals surface area contributed by atoms with Gasteiger partial charge in [-0.15, -0.1) is 23.5 Å². The Labute approximate surface area is 188 Å². The molecular weight excluding hydrogens is 424 g/mol. The van der Waals surface area contributed by atoms with Crippen LogP contribution < -0.4 is 5.32 Å². The Hall–Kier alpha value is -0.190. The SMILES string of the molecule is CC(C)(C)OC(=O)NC(C1CCCCC1)C(O)N1CC2(CC1C(O)O)SCCCS2. The first-order chi connectivity index (χ1) is 14.1. The van der Waals surface area contributed by atoms with E-state index in [0.717, 1.165) is 43.6 Å². The molecule has 3 unspecified atom stereocenters. The zero-order chi connectivity index (χ0) is 21.9. The van der Waals surface area contributed by atoms with E-state index in [2.05, 4.69) is 5.32 Å². The predicted molar refractivity (Wildman–Crippen MR) is 121 cm³/mol. The number of nitrogens with zero attached hydrogens (tertiary/aromatic N) is 1. The summed E-state index contributed by atoms with van der Waals surface area (Å²) in [6, 6.07) is -1.06. The Morgan fingerprint density at radius 1 is 1.10 bits per heavy atom. The number of nitrogens with one attached hydrogen (secondary N) is 1. The van der Waals surface area contributed by atoms with E-state index in [1.165, 1.54) is 6.42 Å². The maximum absolute atomic E-state index is 12.6. The Morgan fingerprint density at radius 3 is 2.30 bits per heavy atom. The van der Waals surface area contributed by atoms with Crippen LogP contribution in [0.3, 0.4) is 0 Å². The van der Waals surface area contributed by atoms with Gasteiger partial charge in [0.2, 0.25) is 0 Å². The van der Waals surface area contributed by atoms with E-state index in [9.17, 15) is 20.1 Å². The Bertz CT molecular complexity index is 574. The van der Waals surface area contributed by atoms with Gasteiger partial charge >= 0.3 is 6.09 Å². The summed E-state index contributed by atoms with van der Waals surface area (Å²) < 4.78 is 5.34. The second-order valence-electron chi connectivity index (χ2n) is 9.80. The largest absolute Gasteiger partial charge is 0.444 e. The van der Waals surface area contributed by atoms with E-state index in [1.807, 2.05) is 49.2 Å². The Balaban J connectivity index is 1.79. The van der Waals surface area contributed by atoms with Crippen molar-refractivity contribution >= 4 is 29.6 Å². The van der Waals surface area contributed by atoms with Gasteiger partial charge in [0.15, 0.2) is 6.29 Å². The van der Waals surface area contributed by atoms with Crippen LogP contribution in [0.25, 0.3) is 0 Å². The van der Waals surface area contributed by atoms with Gasteiger partial charge in [-0.3, -0.25) is 4.90 Å². The third kappa shape index (κ3) is 6.19. The number of ether oxygens (including phenoxy) is 1. The van der Waals surface area contributed by atoms with Crippen LogP contribution in [0.1, 0.15) is 65.7 Å². The summed E-state index contributed by atoms with van der Waals surface area (Å²) in [5.74, 6) is 2.24. The quantitative estimate of drug-likeness (QED) is 0.463. The summed E-state index contributed by atoms with van der Waals surface area (Å²) in [6.07, 6.45) is 3.90. The number of carbonyl (C=O) groups is 1. The summed E-state index contributed by atoms with van der Waals surface area (Å²) in [5.41, 5.74) is -0.622. The summed E-state index contributed by atoms with van der Waals surface area (Å²) >= 11 is 3.72. The van der Waals surface area contributed by atoms with Crippen molar-refractivity contribution in [2.24, 2.45) is 5.92 Å². The molecule has 4 N–H and O–H groups in total. The number of hydrogen-bond donors (Lipinski definition) is 4. The van der Waals surface area contributed by atoms with Crippen LogP contribution in [-0.2, 0) is 4.74 Å². The summed E-state index contributed by atoms with van der Waals surface area (Å²) in [4.78, 5) is 14.4. The maximum atomic E-state index is 12.6. The third-order valence-electron chi connectivity index (χ3n) is 6.23. The molecule has 3 aliphatic rings. The van der Waals surface area contributed by atoms with Gasteiger partial charge in [0.25, 0.3) is 0 Å². The monoisotopic (exact) mass is 462 g/mol. The van der Waals surface area contributed by atoms with E-state index >= 15 is 0 Å². The van der Waals surface area contributed by atoms with Gasteiger partial charge in [0.1, 0.15) is 11.8 Å². The van der Waals surface area contributed by atoms with Crippen molar-refractivity contribution in [2.45, 2.75) is 100.0 Å². The van der Waals surface area contributed by atoms with E-state index in [1.54, 1.807) is 0 Å². The highest BCUT2D eigenvalue weighted by Crippen LogP contribution is 2.51. The average molecular weight is 463 g/mol. The number of hydrogen-bond acceptors (Lipinski definition) is 8. The third-order valence-corrected chi connectivity index (χ3v) is 9.57. The molecule has 7 nitrogen and oxygen atoms in total. The number of alkyl carbamates (subject to hydrolysis) is 1. The molecule has 2 saturated heterocycles. The first-order valence-corrected chi connectivity index (χ1v) is 13.1. The van der Waals surface area contributed by atoms with Crippen molar-refractivity contribution in [3.63, 3.8) is 0 Å². The highest BCUT2D eigenvalue weighted by molar-refractivity contribution is 8.18. The topological polar surface area (TPSA) is 102 Å². The van der Waals surface area contributed by atoms with Gasteiger partial charge in [-0.2, -0.15) is 0 Å². The molecule has 0 aromatic carbocycles. The molecule has 9 heteroatoms. The van der Waals surface area contributed by atoms with Gasteiger partial charge < -0.3 is 25.4 Å². The van der Waals surface area contributed by atoms with E-state index in [0.29, 0.717) is 13.0 Å². The molecule has 3 rings (SSSR count). The fraction of sp³-hybridized carbons (Fsp3) is 0.952. The number of amides is 1. The van der Waals surface area contributed by atoms with Gasteiger partial charge in [-0.25, -0.2) is 4.79 Å². The summed E-state index contributed by atoms with van der Waals surface area (Å²) in [5, 5.41) is 34.6. The van der Waals surface area contributed by atoms with Crippen molar-refractivity contribution in [3.05, 3.63) is 0 Å². The number of aliphatic hydroxyl groups is 3. The molecule has 3 atom stereocenters. The molecule has 1 amide bonds. The lowest BCUT2D eigenvalue weighted by molar-refractivity contribution is -0.135. The zero-order valence-corrected chi connectivity index (χ0v) is 20.0. The average Bonchev–Trinajstić information content (AvgIpc) is 3.05. The Kier molecular flexibility index (Phi) is 8.29. The molecular formula is C21H38N2O5S2. The van der Waals surface area contributed by atoms with Crippen molar-refractivity contribution in [1.82, 2.24) is 10.2 Å². The van der Waals surface area contributed by atoms with Crippen LogP contribution in [0.5, 0.6) is 0 Å². The summed E-state index contributed by atoms with van der Waals surface area (Å²) in [6.45, 7) is 6.03. The lowest BCUT2D eigenvalue weighted by Gasteiger charge is -2.40. The van der Waals surface area contributed by atoms with E-state index in [-0.39, 0.29) is 10.00 Å². The molecule has 1 spiro atoms. The van der Waals surface area contributed by atoms with Crippen molar-refractivity contribution in [1.29, 1.82) is 0 Å². The zero-order valence-electron chi connectivity index (χ0n) is 18.4. The minimum Gasteiger partial charge on any atom is -0.444 e. The van der Waals surface area contributed by atoms with Crippen molar-refractivity contribution in [2.75, 3.05) is 18.1 Å². The minimum absolute atomic E-state index is 0.128. The fourth-order valence-corrected chi connectivity index (χ4v) is 8.26. The number of thioether (sulfide) groups is 2. The highest BCUT2D eigenvalue weighted by atomic mass is 32.2. The molecule has 174 valence electrons. The van der Waals surface area contributed by atoms with E-state index < -0.39 is 36.3 Å². The molecule has 2 aliphatic heterocycles. The van der Waals surface area contributed by atoms with Gasteiger partial charge in [-0.1, -0.05) is 19.3 Å². The van der Waals surface area contributed by atoms with Crippen LogP contribution >= 0.6 is 23.5 Å². The lowest BCUT2D eigenvalue weighted by atomic mass is 9.83. The van der Waals surface area contributed by atoms with Crippen molar-refractivity contribution in [3.8, 4) is 0 Å². The standard InChI is InChI=1S/C21H38N2O5S2/c1-20(2,3)28-19(27)22-16(14-8-5-4-6-9-14)17(24)23-13-21(12-15(23)18(25)26)29-10-7-11-30-21/h14-18,24-26H,4-13H2,1-3H3,(H,22,27). The minimum atomic E-state index is -1.53. The highest BCUT2D eigenvalue weighted by Gasteiger charge is 2.52. The van der Waals surface area contributed by atoms with Crippen LogP contribution in [0.15, 0.2) is 0 Å². The van der Waals surface area contributed by atoms with Crippen LogP contribution in [-0.4, -0.2) is 78.6 Å². The molecule has 2 heterocycles. The van der Waals surface area contributed by atoms with Crippen LogP contribution in [0.2, 0.25) is 0 Å². The van der Waals surface area contributed by atoms with E-state index in [4.69, 9.17) is 4.74 Å². The van der Waals surface area contributed by atoms with Crippen molar-refractivity contribution < 1.29 is 24.9 Å². The van der Waals surface area contributed by atoms with Gasteiger partial charge in [0.05, 0.1) is 16.2 Å². The lowest BCUT2D eigenvalue weighted by Crippen LogP contribution is -2.58. The smallest absolute Gasteiger partial charge is 0.408 e. The number of aliphatic hydroxyl groups excluding tert-OH is 2. The molecule has 1 saturated carbocycles. The first-order valence-electron chi connectivity index (χ1n) is 11.2.